The van der Waals surface area contributed by atoms with Gasteiger partial charge in [-0.3, -0.25) is 9.59 Å². The molecule has 5 rings (SSSR count). The molecule has 0 spiro atoms. The molecular weight excluding hydrogens is 357 g/mol. The summed E-state index contributed by atoms with van der Waals surface area (Å²) in [6, 6.07) is 4.89. The minimum Gasteiger partial charge on any atom is -0.459 e. The average molecular weight is 375 g/mol. The van der Waals surface area contributed by atoms with E-state index in [1.54, 1.807) is 0 Å². The molecule has 2 unspecified atom stereocenters. The van der Waals surface area contributed by atoms with Gasteiger partial charge in [0, 0.05) is 41.2 Å². The topological polar surface area (TPSA) is 67.2 Å². The van der Waals surface area contributed by atoms with Crippen LogP contribution >= 0.6 is 0 Å². The number of Topliss-reactive ketones (excluding diaryl/α,β-unsaturated/α-hetero) is 2. The van der Waals surface area contributed by atoms with Crippen LogP contribution in [0.5, 0.6) is 5.75 Å². The fourth-order valence-corrected chi connectivity index (χ4v) is 4.96. The van der Waals surface area contributed by atoms with Gasteiger partial charge in [0.25, 0.3) is 0 Å². The average Bonchev–Trinajstić information content (AvgIpc) is 2.60. The molecule has 4 nitrogen and oxygen atoms in total. The van der Waals surface area contributed by atoms with Crippen molar-refractivity contribution in [3.8, 4) is 11.8 Å². The number of carbonyl (C=O) groups is 2. The number of benzene rings is 2. The van der Waals surface area contributed by atoms with Crippen LogP contribution in [-0.2, 0) is 11.2 Å². The van der Waals surface area contributed by atoms with Gasteiger partial charge in [-0.1, -0.05) is 13.8 Å². The molecule has 0 saturated carbocycles. The quantitative estimate of drug-likeness (QED) is 0.668. The van der Waals surface area contributed by atoms with Crippen molar-refractivity contribution in [3.63, 3.8) is 0 Å². The highest BCUT2D eigenvalue weighted by Crippen LogP contribution is 2.49. The van der Waals surface area contributed by atoms with Crippen LogP contribution in [0.4, 0.5) is 4.39 Å². The summed E-state index contributed by atoms with van der Waals surface area (Å²) >= 11 is 0. The van der Waals surface area contributed by atoms with Crippen molar-refractivity contribution in [2.75, 3.05) is 0 Å². The van der Waals surface area contributed by atoms with Crippen LogP contribution in [0.1, 0.15) is 60.2 Å². The summed E-state index contributed by atoms with van der Waals surface area (Å²) in [5, 5.41) is 10.9. The monoisotopic (exact) mass is 375 g/mol. The summed E-state index contributed by atoms with van der Waals surface area (Å²) in [5.74, 6) is 0.454. The van der Waals surface area contributed by atoms with Crippen LogP contribution < -0.4 is 4.74 Å². The maximum Gasteiger partial charge on any atom is 0.167 e. The van der Waals surface area contributed by atoms with E-state index in [9.17, 15) is 19.2 Å². The molecule has 2 aliphatic carbocycles. The lowest BCUT2D eigenvalue weighted by Gasteiger charge is -2.32. The fraction of sp³-hybridized carbons (Fsp3) is 0.348. The Kier molecular flexibility index (Phi) is 3.51. The Balaban J connectivity index is 1.95. The van der Waals surface area contributed by atoms with Gasteiger partial charge in [0.1, 0.15) is 17.6 Å². The number of fused-ring (bicyclic) bond motifs is 3. The zero-order chi connectivity index (χ0) is 19.7. The van der Waals surface area contributed by atoms with Gasteiger partial charge in [0.05, 0.1) is 11.1 Å². The van der Waals surface area contributed by atoms with E-state index in [0.29, 0.717) is 75.8 Å². The second kappa shape index (κ2) is 5.75. The van der Waals surface area contributed by atoms with Crippen molar-refractivity contribution in [1.29, 1.82) is 5.26 Å². The Morgan fingerprint density at radius 2 is 1.79 bits per heavy atom. The van der Waals surface area contributed by atoms with Crippen LogP contribution in [0.25, 0.3) is 16.3 Å². The number of carbonyl (C=O) groups excluding carboxylic acids is 2. The standard InChI is InChI=1S/C23H18FNO3/c1-10-3-13-16(9-25)23-21-14(20(13)17(26)4-10)7-12(24)8-15(21)22-18(27)5-11(2)6-19(22)28-23/h7-8,10-11H,3-6H2,1-2H3. The number of nitriles is 1. The van der Waals surface area contributed by atoms with E-state index >= 15 is 0 Å². The second-order valence-electron chi connectivity index (χ2n) is 8.32. The first-order valence-electron chi connectivity index (χ1n) is 9.59. The van der Waals surface area contributed by atoms with E-state index < -0.39 is 5.82 Å². The highest BCUT2D eigenvalue weighted by atomic mass is 19.1. The zero-order valence-electron chi connectivity index (χ0n) is 15.7. The molecule has 1 heterocycles. The Morgan fingerprint density at radius 3 is 2.54 bits per heavy atom. The Labute approximate surface area is 161 Å². The summed E-state index contributed by atoms with van der Waals surface area (Å²) in [4.78, 5) is 25.6. The molecular formula is C23H18FNO3. The van der Waals surface area contributed by atoms with Gasteiger partial charge >= 0.3 is 0 Å². The molecule has 0 bridgehead atoms. The number of ether oxygens (including phenoxy) is 1. The van der Waals surface area contributed by atoms with E-state index in [2.05, 4.69) is 6.07 Å². The SMILES string of the molecule is CC1CC(=O)C2=C(C1)Oc1c(C#N)c3c(c4cc(F)cc2c14)C(=O)CC(C)C3. The van der Waals surface area contributed by atoms with Gasteiger partial charge < -0.3 is 4.74 Å². The van der Waals surface area contributed by atoms with Crippen LogP contribution in [0.15, 0.2) is 17.9 Å². The molecule has 2 atom stereocenters. The van der Waals surface area contributed by atoms with E-state index in [4.69, 9.17) is 4.74 Å². The molecule has 0 aromatic heterocycles. The first-order chi connectivity index (χ1) is 13.4. The molecule has 0 fully saturated rings. The third kappa shape index (κ3) is 2.21. The summed E-state index contributed by atoms with van der Waals surface area (Å²) in [5.41, 5.74) is 2.25. The maximum absolute atomic E-state index is 14.6. The van der Waals surface area contributed by atoms with Crippen LogP contribution in [0.2, 0.25) is 0 Å². The first-order valence-corrected chi connectivity index (χ1v) is 9.59. The van der Waals surface area contributed by atoms with Gasteiger partial charge in [-0.15, -0.1) is 0 Å². The molecule has 28 heavy (non-hydrogen) atoms. The fourth-order valence-electron chi connectivity index (χ4n) is 4.96. The van der Waals surface area contributed by atoms with Crippen molar-refractivity contribution in [2.24, 2.45) is 11.8 Å². The highest BCUT2D eigenvalue weighted by molar-refractivity contribution is 6.27. The van der Waals surface area contributed by atoms with Crippen molar-refractivity contribution in [3.05, 3.63) is 46.0 Å². The Hall–Kier alpha value is -3.00. The molecule has 0 saturated heterocycles. The van der Waals surface area contributed by atoms with E-state index in [1.165, 1.54) is 12.1 Å². The lowest BCUT2D eigenvalue weighted by atomic mass is 9.76. The van der Waals surface area contributed by atoms with Crippen molar-refractivity contribution < 1.29 is 18.7 Å². The van der Waals surface area contributed by atoms with Crippen molar-refractivity contribution >= 4 is 27.9 Å². The molecule has 140 valence electrons. The minimum absolute atomic E-state index is 0.0810. The molecule has 0 N–H and O–H groups in total. The number of ketones is 2. The number of halogens is 1. The summed E-state index contributed by atoms with van der Waals surface area (Å²) in [6.07, 6.45) is 1.88. The van der Waals surface area contributed by atoms with Gasteiger partial charge in [0.2, 0.25) is 0 Å². The van der Waals surface area contributed by atoms with Crippen LogP contribution in [0.3, 0.4) is 0 Å². The smallest absolute Gasteiger partial charge is 0.167 e. The molecule has 5 heteroatoms. The normalized spacial score (nSPS) is 23.2. The lowest BCUT2D eigenvalue weighted by Crippen LogP contribution is -2.25. The molecule has 2 aromatic rings. The molecule has 3 aliphatic rings. The number of nitrogens with zero attached hydrogens (tertiary/aromatic N) is 1. The number of hydrogen-bond acceptors (Lipinski definition) is 4. The summed E-state index contributed by atoms with van der Waals surface area (Å²) in [7, 11) is 0. The van der Waals surface area contributed by atoms with E-state index in [0.717, 1.165) is 0 Å². The minimum atomic E-state index is -0.494. The first kappa shape index (κ1) is 17.1. The number of hydrogen-bond donors (Lipinski definition) is 0. The lowest BCUT2D eigenvalue weighted by molar-refractivity contribution is -0.115. The molecule has 0 amide bonds. The highest BCUT2D eigenvalue weighted by Gasteiger charge is 2.38. The maximum atomic E-state index is 14.6. The van der Waals surface area contributed by atoms with E-state index in [-0.39, 0.29) is 23.4 Å². The predicted octanol–water partition coefficient (Wildman–Crippen LogP) is 4.72. The third-order valence-electron chi connectivity index (χ3n) is 6.03. The van der Waals surface area contributed by atoms with Gasteiger partial charge in [-0.25, -0.2) is 4.39 Å². The van der Waals surface area contributed by atoms with E-state index in [1.807, 2.05) is 13.8 Å². The van der Waals surface area contributed by atoms with Gasteiger partial charge in [-0.2, -0.15) is 5.26 Å². The van der Waals surface area contributed by atoms with Gasteiger partial charge in [-0.05, 0) is 36.0 Å². The largest absolute Gasteiger partial charge is 0.459 e. The number of allylic oxidation sites excluding steroid dienone is 2. The molecule has 0 radical (unpaired) electrons. The predicted molar refractivity (Wildman–Crippen MR) is 101 cm³/mol. The van der Waals surface area contributed by atoms with Crippen molar-refractivity contribution in [2.45, 2.75) is 39.5 Å². The zero-order valence-corrected chi connectivity index (χ0v) is 15.7. The Morgan fingerprint density at radius 1 is 1.07 bits per heavy atom. The molecule has 2 aromatic carbocycles. The van der Waals surface area contributed by atoms with Crippen molar-refractivity contribution in [1.82, 2.24) is 0 Å². The second-order valence-corrected chi connectivity index (χ2v) is 8.32. The van der Waals surface area contributed by atoms with Crippen LogP contribution in [0, 0.1) is 29.0 Å². The molecule has 1 aliphatic heterocycles. The Bertz CT molecular complexity index is 1190. The van der Waals surface area contributed by atoms with Gasteiger partial charge in [0.15, 0.2) is 17.3 Å². The number of rotatable bonds is 0. The summed E-state index contributed by atoms with van der Waals surface area (Å²) < 4.78 is 20.8. The third-order valence-corrected chi connectivity index (χ3v) is 6.03. The van der Waals surface area contributed by atoms with Crippen LogP contribution in [-0.4, -0.2) is 11.6 Å². The summed E-state index contributed by atoms with van der Waals surface area (Å²) in [6.45, 7) is 3.94.